The molecule has 0 bridgehead atoms. The first-order valence-corrected chi connectivity index (χ1v) is 5.15. The van der Waals surface area contributed by atoms with E-state index in [1.165, 1.54) is 0 Å². The van der Waals surface area contributed by atoms with Crippen molar-refractivity contribution in [3.8, 4) is 11.6 Å². The summed E-state index contributed by atoms with van der Waals surface area (Å²) in [5.74, 6) is 4.76. The van der Waals surface area contributed by atoms with Gasteiger partial charge < -0.3 is 4.74 Å². The van der Waals surface area contributed by atoms with Crippen molar-refractivity contribution in [1.29, 1.82) is 0 Å². The van der Waals surface area contributed by atoms with E-state index in [1.54, 1.807) is 30.3 Å². The van der Waals surface area contributed by atoms with Crippen molar-refractivity contribution in [3.05, 3.63) is 42.1 Å². The number of aromatic nitrogens is 2. The third-order valence-electron chi connectivity index (χ3n) is 2.09. The lowest BCUT2D eigenvalue weighted by atomic mass is 10.3. The maximum atomic E-state index is 12.6. The fourth-order valence-corrected chi connectivity index (χ4v) is 1.30. The number of para-hydroxylation sites is 1. The molecule has 0 amide bonds. The third-order valence-corrected chi connectivity index (χ3v) is 2.09. The van der Waals surface area contributed by atoms with Crippen LogP contribution in [0.3, 0.4) is 0 Å². The predicted octanol–water partition coefficient (Wildman–Crippen LogP) is 2.57. The summed E-state index contributed by atoms with van der Waals surface area (Å²) in [6.45, 7) is 0. The summed E-state index contributed by atoms with van der Waals surface area (Å²) in [5.41, 5.74) is 0.826. The molecule has 0 spiro atoms. The van der Waals surface area contributed by atoms with E-state index >= 15 is 0 Å². The number of benzene rings is 1. The molecule has 0 aliphatic carbocycles. The second kappa shape index (κ2) is 5.11. The van der Waals surface area contributed by atoms with Gasteiger partial charge in [-0.15, -0.1) is 0 Å². The quantitative estimate of drug-likeness (QED) is 0.662. The van der Waals surface area contributed by atoms with Gasteiger partial charge in [0.15, 0.2) is 5.69 Å². The highest BCUT2D eigenvalue weighted by molar-refractivity contribution is 5.33. The van der Waals surface area contributed by atoms with Crippen molar-refractivity contribution in [1.82, 2.24) is 9.97 Å². The molecule has 1 aromatic heterocycles. The molecule has 0 atom stereocenters. The highest BCUT2D eigenvalue weighted by atomic mass is 19.4. The molecule has 8 heteroatoms. The molecule has 0 fully saturated rings. The van der Waals surface area contributed by atoms with Crippen LogP contribution in [0.5, 0.6) is 11.6 Å². The number of hydrogen-bond acceptors (Lipinski definition) is 5. The Balaban J connectivity index is 2.35. The summed E-state index contributed by atoms with van der Waals surface area (Å²) in [7, 11) is 0. The van der Waals surface area contributed by atoms with Gasteiger partial charge in [-0.2, -0.15) is 18.2 Å². The summed E-state index contributed by atoms with van der Waals surface area (Å²) >= 11 is 0. The third kappa shape index (κ3) is 3.32. The van der Waals surface area contributed by atoms with E-state index in [0.717, 1.165) is 0 Å². The molecule has 3 N–H and O–H groups in total. The van der Waals surface area contributed by atoms with E-state index in [9.17, 15) is 13.2 Å². The number of nitrogens with one attached hydrogen (secondary N) is 1. The van der Waals surface area contributed by atoms with Gasteiger partial charge in [0, 0.05) is 6.07 Å². The first-order chi connectivity index (χ1) is 8.99. The number of hydrazine groups is 1. The van der Waals surface area contributed by atoms with Gasteiger partial charge in [-0.25, -0.2) is 10.8 Å². The molecule has 0 radical (unpaired) electrons. The van der Waals surface area contributed by atoms with Crippen LogP contribution in [0.4, 0.5) is 19.1 Å². The Morgan fingerprint density at radius 3 is 2.37 bits per heavy atom. The zero-order valence-corrected chi connectivity index (χ0v) is 9.48. The smallest absolute Gasteiger partial charge is 0.433 e. The number of nitrogens with zero attached hydrogens (tertiary/aromatic N) is 2. The van der Waals surface area contributed by atoms with Crippen molar-refractivity contribution in [3.63, 3.8) is 0 Å². The Kier molecular flexibility index (Phi) is 3.52. The Labute approximate surface area is 106 Å². The van der Waals surface area contributed by atoms with E-state index in [0.29, 0.717) is 11.8 Å². The minimum Gasteiger partial charge on any atom is -0.439 e. The molecule has 0 aliphatic heterocycles. The van der Waals surface area contributed by atoms with E-state index in [1.807, 2.05) is 5.43 Å². The zero-order chi connectivity index (χ0) is 13.9. The lowest BCUT2D eigenvalue weighted by molar-refractivity contribution is -0.141. The number of nitrogen functional groups attached to an aromatic ring is 1. The number of ether oxygens (including phenoxy) is 1. The maximum Gasteiger partial charge on any atom is 0.433 e. The molecule has 0 saturated carbocycles. The number of alkyl halides is 3. The van der Waals surface area contributed by atoms with Crippen LogP contribution in [0.25, 0.3) is 0 Å². The van der Waals surface area contributed by atoms with E-state index in [2.05, 4.69) is 9.97 Å². The topological polar surface area (TPSA) is 73.1 Å². The van der Waals surface area contributed by atoms with Crippen LogP contribution in [0.2, 0.25) is 0 Å². The number of rotatable bonds is 3. The Morgan fingerprint density at radius 2 is 1.79 bits per heavy atom. The SMILES string of the molecule is NNc1nc(Oc2ccccc2)cc(C(F)(F)F)n1. The summed E-state index contributed by atoms with van der Waals surface area (Å²) in [4.78, 5) is 6.90. The molecule has 1 aromatic carbocycles. The average molecular weight is 270 g/mol. The van der Waals surface area contributed by atoms with Crippen LogP contribution in [0.1, 0.15) is 5.69 Å². The first-order valence-electron chi connectivity index (χ1n) is 5.15. The summed E-state index contributed by atoms with van der Waals surface area (Å²) in [5, 5.41) is 0. The number of hydrogen-bond donors (Lipinski definition) is 2. The van der Waals surface area contributed by atoms with Crippen LogP contribution < -0.4 is 16.0 Å². The molecule has 100 valence electrons. The maximum absolute atomic E-state index is 12.6. The van der Waals surface area contributed by atoms with Gasteiger partial charge in [0.1, 0.15) is 5.75 Å². The molecule has 19 heavy (non-hydrogen) atoms. The minimum absolute atomic E-state index is 0.249. The number of halogens is 3. The van der Waals surface area contributed by atoms with E-state index < -0.39 is 11.9 Å². The van der Waals surface area contributed by atoms with Crippen molar-refractivity contribution < 1.29 is 17.9 Å². The summed E-state index contributed by atoms with van der Waals surface area (Å²) in [6.07, 6.45) is -4.61. The van der Waals surface area contributed by atoms with Crippen LogP contribution in [-0.2, 0) is 6.18 Å². The van der Waals surface area contributed by atoms with E-state index in [-0.39, 0.29) is 11.8 Å². The van der Waals surface area contributed by atoms with Crippen molar-refractivity contribution in [2.75, 3.05) is 5.43 Å². The van der Waals surface area contributed by atoms with Crippen LogP contribution in [0.15, 0.2) is 36.4 Å². The largest absolute Gasteiger partial charge is 0.439 e. The Morgan fingerprint density at radius 1 is 1.11 bits per heavy atom. The number of nitrogens with two attached hydrogens (primary N) is 1. The van der Waals surface area contributed by atoms with Crippen molar-refractivity contribution in [2.24, 2.45) is 5.84 Å². The van der Waals surface area contributed by atoms with Gasteiger partial charge in [-0.1, -0.05) is 18.2 Å². The average Bonchev–Trinajstić information content (AvgIpc) is 2.38. The van der Waals surface area contributed by atoms with Gasteiger partial charge in [-0.05, 0) is 12.1 Å². The molecule has 2 rings (SSSR count). The molecular weight excluding hydrogens is 261 g/mol. The molecule has 0 unspecified atom stereocenters. The fourth-order valence-electron chi connectivity index (χ4n) is 1.30. The molecule has 0 saturated heterocycles. The van der Waals surface area contributed by atoms with Crippen LogP contribution >= 0.6 is 0 Å². The Hall–Kier alpha value is -2.35. The monoisotopic (exact) mass is 270 g/mol. The zero-order valence-electron chi connectivity index (χ0n) is 9.48. The highest BCUT2D eigenvalue weighted by Crippen LogP contribution is 2.31. The standard InChI is InChI=1S/C11H9F3N4O/c12-11(13,14)8-6-9(17-10(16-8)18-15)19-7-4-2-1-3-5-7/h1-6H,15H2,(H,16,17,18). The fraction of sp³-hybridized carbons (Fsp3) is 0.0909. The molecule has 5 nitrogen and oxygen atoms in total. The lowest BCUT2D eigenvalue weighted by Gasteiger charge is -2.10. The van der Waals surface area contributed by atoms with Gasteiger partial charge >= 0.3 is 6.18 Å². The Bertz CT molecular complexity index is 560. The van der Waals surface area contributed by atoms with Gasteiger partial charge in [0.05, 0.1) is 0 Å². The van der Waals surface area contributed by atoms with Gasteiger partial charge in [0.2, 0.25) is 11.8 Å². The second-order valence-corrected chi connectivity index (χ2v) is 3.47. The van der Waals surface area contributed by atoms with Crippen LogP contribution in [-0.4, -0.2) is 9.97 Å². The molecule has 1 heterocycles. The van der Waals surface area contributed by atoms with Crippen LogP contribution in [0, 0.1) is 0 Å². The first kappa shape index (κ1) is 13.1. The predicted molar refractivity (Wildman–Crippen MR) is 61.4 cm³/mol. The van der Waals surface area contributed by atoms with Crippen molar-refractivity contribution in [2.45, 2.75) is 6.18 Å². The minimum atomic E-state index is -4.61. The normalized spacial score (nSPS) is 11.2. The van der Waals surface area contributed by atoms with Gasteiger partial charge in [-0.3, -0.25) is 5.43 Å². The van der Waals surface area contributed by atoms with E-state index in [4.69, 9.17) is 10.6 Å². The molecular formula is C11H9F3N4O. The van der Waals surface area contributed by atoms with Gasteiger partial charge in [0.25, 0.3) is 0 Å². The lowest BCUT2D eigenvalue weighted by Crippen LogP contribution is -2.15. The summed E-state index contributed by atoms with van der Waals surface area (Å²) < 4.78 is 43.0. The highest BCUT2D eigenvalue weighted by Gasteiger charge is 2.34. The number of anilines is 1. The summed E-state index contributed by atoms with van der Waals surface area (Å²) in [6, 6.07) is 9.00. The second-order valence-electron chi connectivity index (χ2n) is 3.47. The molecule has 2 aromatic rings. The van der Waals surface area contributed by atoms with Crippen molar-refractivity contribution >= 4 is 5.95 Å². The molecule has 0 aliphatic rings.